The van der Waals surface area contributed by atoms with Crippen molar-refractivity contribution in [2.75, 3.05) is 19.7 Å². The Morgan fingerprint density at radius 2 is 1.92 bits per heavy atom. The quantitative estimate of drug-likeness (QED) is 0.383. The van der Waals surface area contributed by atoms with Crippen LogP contribution in [0.15, 0.2) is 0 Å². The second-order valence-corrected chi connectivity index (χ2v) is 9.13. The lowest BCUT2D eigenvalue weighted by atomic mass is 9.91. The zero-order valence-electron chi connectivity index (χ0n) is 15.5. The lowest BCUT2D eigenvalue weighted by Gasteiger charge is -2.40. The number of hydrogen-bond donors (Lipinski definition) is 2. The number of nitrogens with zero attached hydrogens (tertiary/aromatic N) is 1. The minimum atomic E-state index is -3.93. The molecule has 1 amide bonds. The van der Waals surface area contributed by atoms with E-state index in [1.807, 2.05) is 13.8 Å². The van der Waals surface area contributed by atoms with Crippen LogP contribution in [0.1, 0.15) is 53.4 Å². The van der Waals surface area contributed by atoms with Gasteiger partial charge in [0.15, 0.2) is 4.93 Å². The lowest BCUT2D eigenvalue weighted by molar-refractivity contribution is -0.141. The van der Waals surface area contributed by atoms with Crippen LogP contribution in [0.25, 0.3) is 0 Å². The van der Waals surface area contributed by atoms with Gasteiger partial charge in [-0.15, -0.1) is 5.92 Å². The van der Waals surface area contributed by atoms with Crippen molar-refractivity contribution >= 4 is 15.9 Å². The predicted octanol–water partition coefficient (Wildman–Crippen LogP) is 1.73. The Bertz CT molecular complexity index is 602. The van der Waals surface area contributed by atoms with E-state index < -0.39 is 26.8 Å². The lowest BCUT2D eigenvalue weighted by Crippen LogP contribution is -2.57. The van der Waals surface area contributed by atoms with Crippen LogP contribution in [0.4, 0.5) is 0 Å². The fraction of sp³-hybridized carbons (Fsp3) is 0.824. The number of carbonyl (C=O) groups is 1. The Labute approximate surface area is 151 Å². The summed E-state index contributed by atoms with van der Waals surface area (Å²) in [6.07, 6.45) is 2.81. The highest BCUT2D eigenvalue weighted by Gasteiger charge is 2.53. The summed E-state index contributed by atoms with van der Waals surface area (Å²) < 4.78 is 33.8. The molecule has 1 rings (SSSR count). The van der Waals surface area contributed by atoms with Gasteiger partial charge in [0.05, 0.1) is 5.92 Å². The maximum absolute atomic E-state index is 13.3. The van der Waals surface area contributed by atoms with Crippen molar-refractivity contribution in [1.82, 2.24) is 9.79 Å². The molecule has 144 valence electrons. The maximum Gasteiger partial charge on any atom is 0.250 e. The second kappa shape index (κ2) is 9.53. The first kappa shape index (κ1) is 21.9. The third-order valence-corrected chi connectivity index (χ3v) is 7.01. The average molecular weight is 375 g/mol. The van der Waals surface area contributed by atoms with Gasteiger partial charge < -0.3 is 4.74 Å². The molecule has 0 bridgehead atoms. The number of nitrogens with one attached hydrogen (secondary N) is 1. The number of ether oxygens (including phenoxy) is 1. The molecule has 2 N–H and O–H groups in total. The zero-order chi connectivity index (χ0) is 19.1. The van der Waals surface area contributed by atoms with Crippen molar-refractivity contribution in [3.05, 3.63) is 0 Å². The summed E-state index contributed by atoms with van der Waals surface area (Å²) in [4.78, 5) is 10.5. The van der Waals surface area contributed by atoms with Crippen molar-refractivity contribution in [2.24, 2.45) is 11.8 Å². The highest BCUT2D eigenvalue weighted by molar-refractivity contribution is 7.90. The molecular formula is C17H30N2O5S. The summed E-state index contributed by atoms with van der Waals surface area (Å²) in [5.41, 5.74) is 1.60. The molecule has 0 aromatic carbocycles. The van der Waals surface area contributed by atoms with Crippen LogP contribution >= 0.6 is 0 Å². The van der Waals surface area contributed by atoms with Gasteiger partial charge in [-0.1, -0.05) is 26.2 Å². The molecular weight excluding hydrogens is 344 g/mol. The molecule has 0 radical (unpaired) electrons. The van der Waals surface area contributed by atoms with E-state index >= 15 is 0 Å². The molecule has 0 aliphatic carbocycles. The SMILES string of the molecule is CC#CCOC(C)(C(CC(C)C)C(=O)NO)S(=O)(=O)N1CCCCC1. The van der Waals surface area contributed by atoms with Crippen molar-refractivity contribution in [3.8, 4) is 11.8 Å². The minimum Gasteiger partial charge on any atom is -0.344 e. The fourth-order valence-electron chi connectivity index (χ4n) is 3.08. The van der Waals surface area contributed by atoms with Crippen molar-refractivity contribution in [2.45, 2.75) is 58.3 Å². The highest BCUT2D eigenvalue weighted by atomic mass is 32.2. The number of carbonyl (C=O) groups excluding carboxylic acids is 1. The second-order valence-electron chi connectivity index (χ2n) is 6.85. The van der Waals surface area contributed by atoms with E-state index in [1.54, 1.807) is 12.4 Å². The minimum absolute atomic E-state index is 0.0408. The number of hydrogen-bond acceptors (Lipinski definition) is 5. The normalized spacial score (nSPS) is 19.6. The van der Waals surface area contributed by atoms with Gasteiger partial charge in [0.1, 0.15) is 6.61 Å². The van der Waals surface area contributed by atoms with Crippen molar-refractivity contribution in [1.29, 1.82) is 0 Å². The fourth-order valence-corrected chi connectivity index (χ4v) is 5.10. The number of sulfonamides is 1. The topological polar surface area (TPSA) is 95.9 Å². The number of hydroxylamine groups is 1. The molecule has 25 heavy (non-hydrogen) atoms. The third-order valence-electron chi connectivity index (χ3n) is 4.54. The third kappa shape index (κ3) is 5.17. The zero-order valence-corrected chi connectivity index (χ0v) is 16.4. The van der Waals surface area contributed by atoms with Gasteiger partial charge in [0, 0.05) is 13.1 Å². The summed E-state index contributed by atoms with van der Waals surface area (Å²) in [5.74, 6) is 3.58. The van der Waals surface area contributed by atoms with E-state index in [9.17, 15) is 13.2 Å². The molecule has 2 atom stereocenters. The van der Waals surface area contributed by atoms with Crippen LogP contribution in [0.3, 0.4) is 0 Å². The first-order chi connectivity index (χ1) is 11.7. The summed E-state index contributed by atoms with van der Waals surface area (Å²) >= 11 is 0. The molecule has 1 fully saturated rings. The Balaban J connectivity index is 3.33. The van der Waals surface area contributed by atoms with Gasteiger partial charge in [-0.05, 0) is 39.0 Å². The van der Waals surface area contributed by atoms with E-state index in [4.69, 9.17) is 9.94 Å². The molecule has 0 aromatic rings. The monoisotopic (exact) mass is 374 g/mol. The van der Waals surface area contributed by atoms with E-state index in [0.717, 1.165) is 19.3 Å². The van der Waals surface area contributed by atoms with Gasteiger partial charge >= 0.3 is 0 Å². The molecule has 1 aliphatic heterocycles. The van der Waals surface area contributed by atoms with Gasteiger partial charge in [-0.3, -0.25) is 10.0 Å². The number of rotatable bonds is 8. The predicted molar refractivity (Wildman–Crippen MR) is 95.0 cm³/mol. The first-order valence-corrected chi connectivity index (χ1v) is 10.1. The maximum atomic E-state index is 13.3. The van der Waals surface area contributed by atoms with Crippen molar-refractivity contribution in [3.63, 3.8) is 0 Å². The van der Waals surface area contributed by atoms with E-state index in [0.29, 0.717) is 13.1 Å². The Morgan fingerprint density at radius 1 is 1.32 bits per heavy atom. The summed E-state index contributed by atoms with van der Waals surface area (Å²) in [6, 6.07) is 0. The standard InChI is InChI=1S/C17H30N2O5S/c1-5-6-12-24-17(4,15(13-14(2)3)16(20)18-21)25(22,23)19-10-8-7-9-11-19/h14-15,21H,7-13H2,1-4H3,(H,18,20). The van der Waals surface area contributed by atoms with Gasteiger partial charge in [0.2, 0.25) is 10.0 Å². The van der Waals surface area contributed by atoms with E-state index in [2.05, 4.69) is 11.8 Å². The Morgan fingerprint density at radius 3 is 2.40 bits per heavy atom. The average Bonchev–Trinajstić information content (AvgIpc) is 2.59. The molecule has 0 saturated carbocycles. The smallest absolute Gasteiger partial charge is 0.250 e. The van der Waals surface area contributed by atoms with Gasteiger partial charge in [-0.2, -0.15) is 4.31 Å². The largest absolute Gasteiger partial charge is 0.344 e. The van der Waals surface area contributed by atoms with Gasteiger partial charge in [-0.25, -0.2) is 13.9 Å². The Kier molecular flexibility index (Phi) is 8.35. The van der Waals surface area contributed by atoms with Crippen LogP contribution in [0.2, 0.25) is 0 Å². The molecule has 1 aliphatic rings. The number of piperidine rings is 1. The van der Waals surface area contributed by atoms with Crippen LogP contribution < -0.4 is 5.48 Å². The summed E-state index contributed by atoms with van der Waals surface area (Å²) in [5, 5.41) is 9.14. The molecule has 1 heterocycles. The summed E-state index contributed by atoms with van der Waals surface area (Å²) in [7, 11) is -3.93. The van der Waals surface area contributed by atoms with Crippen LogP contribution in [0.5, 0.6) is 0 Å². The van der Waals surface area contributed by atoms with E-state index in [1.165, 1.54) is 11.2 Å². The van der Waals surface area contributed by atoms with Gasteiger partial charge in [0.25, 0.3) is 5.91 Å². The molecule has 1 saturated heterocycles. The first-order valence-electron chi connectivity index (χ1n) is 8.68. The molecule has 7 nitrogen and oxygen atoms in total. The van der Waals surface area contributed by atoms with E-state index in [-0.39, 0.29) is 18.9 Å². The molecule has 8 heteroatoms. The van der Waals surface area contributed by atoms with Crippen LogP contribution in [0, 0.1) is 23.7 Å². The van der Waals surface area contributed by atoms with Crippen molar-refractivity contribution < 1.29 is 23.2 Å². The molecule has 0 aromatic heterocycles. The number of amides is 1. The molecule has 0 spiro atoms. The Hall–Kier alpha value is -1.14. The van der Waals surface area contributed by atoms with Crippen LogP contribution in [-0.2, 0) is 19.6 Å². The highest BCUT2D eigenvalue weighted by Crippen LogP contribution is 2.36. The molecule has 2 unspecified atom stereocenters. The summed E-state index contributed by atoms with van der Waals surface area (Å²) in [6.45, 7) is 7.54. The van der Waals surface area contributed by atoms with Crippen LogP contribution in [-0.4, -0.2) is 48.5 Å².